The van der Waals surface area contributed by atoms with Gasteiger partial charge in [0.05, 0.1) is 0 Å². The Morgan fingerprint density at radius 1 is 0.448 bits per heavy atom. The molecule has 0 aliphatic heterocycles. The van der Waals surface area contributed by atoms with E-state index in [0.29, 0.717) is 11.8 Å². The molecule has 0 unspecified atom stereocenters. The summed E-state index contributed by atoms with van der Waals surface area (Å²) in [4.78, 5) is 0. The van der Waals surface area contributed by atoms with Gasteiger partial charge < -0.3 is 4.74 Å². The lowest BCUT2D eigenvalue weighted by atomic mass is 10.0. The van der Waals surface area contributed by atoms with Crippen LogP contribution < -0.4 is 0 Å². The first kappa shape index (κ1) is 31.5. The van der Waals surface area contributed by atoms with Gasteiger partial charge in [0.2, 0.25) is 0 Å². The van der Waals surface area contributed by atoms with Gasteiger partial charge in [-0.05, 0) is 60.5 Å². The minimum absolute atomic E-state index is 0.637. The van der Waals surface area contributed by atoms with Crippen LogP contribution in [0, 0.1) is 11.8 Å². The van der Waals surface area contributed by atoms with Crippen molar-refractivity contribution in [2.45, 2.75) is 25.7 Å². The first-order valence-electron chi connectivity index (χ1n) is 10.4. The molecule has 0 aliphatic carbocycles. The van der Waals surface area contributed by atoms with Gasteiger partial charge >= 0.3 is 0 Å². The van der Waals surface area contributed by atoms with Crippen molar-refractivity contribution >= 4 is 93.5 Å². The first-order valence-corrected chi connectivity index (χ1v) is 17.2. The van der Waals surface area contributed by atoms with E-state index in [1.54, 1.807) is 0 Å². The van der Waals surface area contributed by atoms with Gasteiger partial charge in [-0.2, -0.15) is 47.0 Å². The maximum Gasteiger partial charge on any atom is 0.0494 e. The predicted octanol–water partition coefficient (Wildman–Crippen LogP) is 7.68. The monoisotopic (exact) mass is 562 g/mol. The molecule has 0 aliphatic rings. The van der Waals surface area contributed by atoms with E-state index in [1.165, 1.54) is 48.7 Å². The predicted molar refractivity (Wildman–Crippen MR) is 148 cm³/mol. The zero-order chi connectivity index (χ0) is 21.4. The molecule has 0 aromatic heterocycles. The van der Waals surface area contributed by atoms with Gasteiger partial charge in [-0.15, -0.1) is 46.4 Å². The molecule has 0 atom stereocenters. The molecule has 9 heteroatoms. The molecule has 0 radical (unpaired) electrons. The van der Waals surface area contributed by atoms with Crippen molar-refractivity contribution < 1.29 is 4.74 Å². The van der Waals surface area contributed by atoms with Crippen molar-refractivity contribution in [1.29, 1.82) is 0 Å². The van der Waals surface area contributed by atoms with Crippen LogP contribution >= 0.6 is 93.5 Å². The Labute approximate surface area is 216 Å². The highest BCUT2D eigenvalue weighted by Crippen LogP contribution is 2.21. The summed E-state index contributed by atoms with van der Waals surface area (Å²) in [5, 5.41) is 0. The zero-order valence-corrected chi connectivity index (χ0v) is 23.7. The highest BCUT2D eigenvalue weighted by atomic mass is 35.5. The molecular weight excluding hydrogens is 526 g/mol. The molecule has 0 heterocycles. The SMILES string of the molecule is ClCCSCCC(CCSCCCl)COCC(CCSCCCl)CCSCCCl. The average Bonchev–Trinajstić information content (AvgIpc) is 2.73. The highest BCUT2D eigenvalue weighted by Gasteiger charge is 2.13. The molecular formula is C20H38Cl4OS4. The second-order valence-corrected chi connectivity index (χ2v) is 13.0. The number of alkyl halides is 4. The number of thioether (sulfide) groups is 4. The molecule has 0 saturated heterocycles. The molecule has 0 fully saturated rings. The van der Waals surface area contributed by atoms with E-state index in [1.807, 2.05) is 47.0 Å². The summed E-state index contributed by atoms with van der Waals surface area (Å²) < 4.78 is 6.24. The first-order chi connectivity index (χ1) is 14.3. The maximum absolute atomic E-state index is 6.24. The Kier molecular flexibility index (Phi) is 29.1. The fourth-order valence-corrected chi connectivity index (χ4v) is 7.21. The fourth-order valence-electron chi connectivity index (χ4n) is 2.65. The molecule has 0 rings (SSSR count). The Bertz CT molecular complexity index is 268. The molecule has 0 saturated carbocycles. The molecule has 0 bridgehead atoms. The van der Waals surface area contributed by atoms with Crippen LogP contribution in [0.25, 0.3) is 0 Å². The third-order valence-electron chi connectivity index (χ3n) is 4.27. The van der Waals surface area contributed by atoms with Crippen molar-refractivity contribution in [3.8, 4) is 0 Å². The summed E-state index contributed by atoms with van der Waals surface area (Å²) in [5.74, 6) is 13.1. The highest BCUT2D eigenvalue weighted by molar-refractivity contribution is 8.00. The summed E-state index contributed by atoms with van der Waals surface area (Å²) in [7, 11) is 0. The van der Waals surface area contributed by atoms with Crippen LogP contribution in [0.4, 0.5) is 0 Å². The number of hydrogen-bond acceptors (Lipinski definition) is 5. The summed E-state index contributed by atoms with van der Waals surface area (Å²) in [6.45, 7) is 1.76. The lowest BCUT2D eigenvalue weighted by molar-refractivity contribution is 0.0679. The van der Waals surface area contributed by atoms with Crippen LogP contribution in [-0.4, -0.2) is 82.8 Å². The molecule has 0 aromatic carbocycles. The lowest BCUT2D eigenvalue weighted by Gasteiger charge is -2.21. The number of ether oxygens (including phenoxy) is 1. The normalized spacial score (nSPS) is 11.8. The molecule has 0 amide bonds. The van der Waals surface area contributed by atoms with Gasteiger partial charge in [-0.25, -0.2) is 0 Å². The minimum atomic E-state index is 0.637. The van der Waals surface area contributed by atoms with E-state index in [-0.39, 0.29) is 0 Å². The second-order valence-electron chi connectivity index (χ2n) is 6.63. The van der Waals surface area contributed by atoms with E-state index in [4.69, 9.17) is 51.1 Å². The fraction of sp³-hybridized carbons (Fsp3) is 1.00. The van der Waals surface area contributed by atoms with Crippen molar-refractivity contribution in [2.75, 3.05) is 82.8 Å². The maximum atomic E-state index is 6.24. The zero-order valence-electron chi connectivity index (χ0n) is 17.4. The summed E-state index contributed by atoms with van der Waals surface area (Å²) in [6.07, 6.45) is 4.85. The van der Waals surface area contributed by atoms with Crippen LogP contribution in [0.1, 0.15) is 25.7 Å². The van der Waals surface area contributed by atoms with Gasteiger partial charge in [-0.1, -0.05) is 0 Å². The summed E-state index contributed by atoms with van der Waals surface area (Å²) >= 11 is 31.0. The van der Waals surface area contributed by atoms with Crippen LogP contribution in [0.5, 0.6) is 0 Å². The van der Waals surface area contributed by atoms with Crippen molar-refractivity contribution in [3.63, 3.8) is 0 Å². The van der Waals surface area contributed by atoms with Crippen LogP contribution in [-0.2, 0) is 4.74 Å². The smallest absolute Gasteiger partial charge is 0.0494 e. The second kappa shape index (κ2) is 26.8. The summed E-state index contributed by atoms with van der Waals surface area (Å²) in [6, 6.07) is 0. The lowest BCUT2D eigenvalue weighted by Crippen LogP contribution is -2.18. The molecule has 0 spiro atoms. The number of halogens is 4. The van der Waals surface area contributed by atoms with Crippen LogP contribution in [0.2, 0.25) is 0 Å². The van der Waals surface area contributed by atoms with E-state index >= 15 is 0 Å². The molecule has 0 N–H and O–H groups in total. The third-order valence-corrected chi connectivity index (χ3v) is 10.00. The van der Waals surface area contributed by atoms with E-state index in [9.17, 15) is 0 Å². The third kappa shape index (κ3) is 23.5. The van der Waals surface area contributed by atoms with Gasteiger partial charge in [0, 0.05) is 59.7 Å². The van der Waals surface area contributed by atoms with Crippen LogP contribution in [0.3, 0.4) is 0 Å². The quantitative estimate of drug-likeness (QED) is 0.0876. The van der Waals surface area contributed by atoms with Crippen LogP contribution in [0.15, 0.2) is 0 Å². The van der Waals surface area contributed by atoms with Crippen molar-refractivity contribution in [1.82, 2.24) is 0 Å². The number of rotatable bonds is 24. The van der Waals surface area contributed by atoms with Gasteiger partial charge in [0.1, 0.15) is 0 Å². The molecule has 0 aromatic rings. The number of hydrogen-bond donors (Lipinski definition) is 0. The van der Waals surface area contributed by atoms with E-state index in [0.717, 1.165) is 59.7 Å². The van der Waals surface area contributed by atoms with Gasteiger partial charge in [0.15, 0.2) is 0 Å². The molecule has 176 valence electrons. The van der Waals surface area contributed by atoms with Gasteiger partial charge in [-0.3, -0.25) is 0 Å². The Balaban J connectivity index is 4.25. The molecule has 1 nitrogen and oxygen atoms in total. The Morgan fingerprint density at radius 2 is 0.724 bits per heavy atom. The summed E-state index contributed by atoms with van der Waals surface area (Å²) in [5.41, 5.74) is 0. The molecule has 29 heavy (non-hydrogen) atoms. The van der Waals surface area contributed by atoms with E-state index < -0.39 is 0 Å². The Morgan fingerprint density at radius 3 is 0.966 bits per heavy atom. The topological polar surface area (TPSA) is 9.23 Å². The van der Waals surface area contributed by atoms with Crippen molar-refractivity contribution in [3.05, 3.63) is 0 Å². The van der Waals surface area contributed by atoms with Gasteiger partial charge in [0.25, 0.3) is 0 Å². The Hall–Kier alpha value is 2.52. The van der Waals surface area contributed by atoms with Crippen molar-refractivity contribution in [2.24, 2.45) is 11.8 Å². The standard InChI is InChI=1S/C20H38Cl4OS4/c21-5-13-26-9-1-19(2-10-27-14-6-22)17-25-18-20(3-11-28-15-7-23)4-12-29-16-8-24/h19-20H,1-18H2. The minimum Gasteiger partial charge on any atom is -0.381 e. The average molecular weight is 565 g/mol. The largest absolute Gasteiger partial charge is 0.381 e. The van der Waals surface area contributed by atoms with E-state index in [2.05, 4.69) is 0 Å².